The molecule has 3 aromatic rings. The van der Waals surface area contributed by atoms with Crippen molar-refractivity contribution >= 4 is 17.5 Å². The number of benzene rings is 2. The quantitative estimate of drug-likeness (QED) is 0.695. The van der Waals surface area contributed by atoms with Gasteiger partial charge in [-0.1, -0.05) is 35.9 Å². The second-order valence-electron chi connectivity index (χ2n) is 6.57. The third kappa shape index (κ3) is 3.16. The zero-order valence-electron chi connectivity index (χ0n) is 14.6. The maximum atomic E-state index is 14.7. The van der Waals surface area contributed by atoms with Gasteiger partial charge in [-0.3, -0.25) is 9.89 Å². The summed E-state index contributed by atoms with van der Waals surface area (Å²) in [6, 6.07) is 11.4. The molecule has 0 bridgehead atoms. The van der Waals surface area contributed by atoms with Crippen LogP contribution in [0.15, 0.2) is 48.5 Å². The Morgan fingerprint density at radius 1 is 1.14 bits per heavy atom. The lowest BCUT2D eigenvalue weighted by Crippen LogP contribution is -2.44. The fourth-order valence-electron chi connectivity index (χ4n) is 3.34. The zero-order valence-corrected chi connectivity index (χ0v) is 15.3. The van der Waals surface area contributed by atoms with Gasteiger partial charge >= 0.3 is 5.92 Å². The molecule has 28 heavy (non-hydrogen) atoms. The predicted octanol–water partition coefficient (Wildman–Crippen LogP) is 4.55. The molecule has 2 aromatic carbocycles. The molecule has 4 nitrogen and oxygen atoms in total. The van der Waals surface area contributed by atoms with E-state index in [9.17, 15) is 18.0 Å². The molecule has 0 unspecified atom stereocenters. The monoisotopic (exact) mass is 405 g/mol. The lowest BCUT2D eigenvalue weighted by molar-refractivity contribution is -0.160. The van der Waals surface area contributed by atoms with E-state index in [1.165, 1.54) is 12.1 Å². The molecule has 0 atom stereocenters. The van der Waals surface area contributed by atoms with E-state index >= 15 is 0 Å². The van der Waals surface area contributed by atoms with Crippen LogP contribution in [0.5, 0.6) is 0 Å². The Morgan fingerprint density at radius 3 is 2.57 bits per heavy atom. The Morgan fingerprint density at radius 2 is 1.86 bits per heavy atom. The highest BCUT2D eigenvalue weighted by molar-refractivity contribution is 6.30. The summed E-state index contributed by atoms with van der Waals surface area (Å²) in [5, 5.41) is 7.75. The first-order valence-corrected chi connectivity index (χ1v) is 9.00. The van der Waals surface area contributed by atoms with E-state index in [0.717, 1.165) is 28.3 Å². The first-order chi connectivity index (χ1) is 13.4. The van der Waals surface area contributed by atoms with Crippen LogP contribution >= 0.6 is 11.6 Å². The fraction of sp³-hybridized carbons (Fsp3) is 0.200. The van der Waals surface area contributed by atoms with Gasteiger partial charge in [0.15, 0.2) is 0 Å². The number of carbonyl (C=O) groups is 1. The maximum absolute atomic E-state index is 14.7. The summed E-state index contributed by atoms with van der Waals surface area (Å²) in [6.07, 6.45) is 0.356. The standard InChI is InChI=1S/C20H15ClF3N3O/c21-13-7-5-12(6-8-13)18-14-11-27(10-9-17(14)25-26-18)19(28)20(23,24)15-3-1-2-4-16(15)22/h1-8H,9-11H2,(H,25,26). The molecular formula is C20H15ClF3N3O. The number of aromatic amines is 1. The topological polar surface area (TPSA) is 49.0 Å². The number of carbonyl (C=O) groups excluding carboxylic acids is 1. The van der Waals surface area contributed by atoms with Gasteiger partial charge in [0, 0.05) is 41.4 Å². The number of aromatic nitrogens is 2. The van der Waals surface area contributed by atoms with E-state index < -0.39 is 23.2 Å². The van der Waals surface area contributed by atoms with Gasteiger partial charge in [0.05, 0.1) is 11.3 Å². The normalized spacial score (nSPS) is 14.1. The fourth-order valence-corrected chi connectivity index (χ4v) is 3.47. The van der Waals surface area contributed by atoms with Crippen molar-refractivity contribution in [1.82, 2.24) is 15.1 Å². The molecule has 0 spiro atoms. The van der Waals surface area contributed by atoms with Crippen molar-refractivity contribution in [1.29, 1.82) is 0 Å². The van der Waals surface area contributed by atoms with Crippen molar-refractivity contribution in [2.24, 2.45) is 0 Å². The molecule has 0 aliphatic carbocycles. The Labute approximate surface area is 163 Å². The number of rotatable bonds is 3. The number of nitrogens with one attached hydrogen (secondary N) is 1. The molecule has 8 heteroatoms. The molecule has 144 valence electrons. The van der Waals surface area contributed by atoms with E-state index in [-0.39, 0.29) is 13.1 Å². The van der Waals surface area contributed by atoms with Crippen LogP contribution in [0, 0.1) is 5.82 Å². The summed E-state index contributed by atoms with van der Waals surface area (Å²) >= 11 is 5.91. The number of alkyl halides is 2. The summed E-state index contributed by atoms with van der Waals surface area (Å²) in [5.41, 5.74) is 1.89. The summed E-state index contributed by atoms with van der Waals surface area (Å²) < 4.78 is 43.2. The van der Waals surface area contributed by atoms with E-state index in [4.69, 9.17) is 11.6 Å². The van der Waals surface area contributed by atoms with Crippen LogP contribution in [0.25, 0.3) is 11.3 Å². The molecule has 1 N–H and O–H groups in total. The molecular weight excluding hydrogens is 391 g/mol. The second-order valence-corrected chi connectivity index (χ2v) is 7.00. The van der Waals surface area contributed by atoms with Crippen molar-refractivity contribution in [3.05, 3.63) is 76.2 Å². The Hall–Kier alpha value is -2.80. The van der Waals surface area contributed by atoms with E-state index in [1.54, 1.807) is 24.3 Å². The largest absolute Gasteiger partial charge is 0.352 e. The molecule has 1 aromatic heterocycles. The number of H-pyrrole nitrogens is 1. The molecule has 0 saturated carbocycles. The predicted molar refractivity (Wildman–Crippen MR) is 98.4 cm³/mol. The third-order valence-corrected chi connectivity index (χ3v) is 5.07. The van der Waals surface area contributed by atoms with Crippen molar-refractivity contribution in [3.63, 3.8) is 0 Å². The highest BCUT2D eigenvalue weighted by atomic mass is 35.5. The number of hydrogen-bond acceptors (Lipinski definition) is 2. The van der Waals surface area contributed by atoms with Gasteiger partial charge in [-0.25, -0.2) is 4.39 Å². The Balaban J connectivity index is 1.63. The minimum Gasteiger partial charge on any atom is -0.332 e. The number of fused-ring (bicyclic) bond motifs is 1. The summed E-state index contributed by atoms with van der Waals surface area (Å²) in [6.45, 7) is 0.0603. The lowest BCUT2D eigenvalue weighted by atomic mass is 9.99. The first kappa shape index (κ1) is 18.6. The van der Waals surface area contributed by atoms with Crippen molar-refractivity contribution in [3.8, 4) is 11.3 Å². The number of amides is 1. The summed E-state index contributed by atoms with van der Waals surface area (Å²) in [5.74, 6) is -6.48. The maximum Gasteiger partial charge on any atom is 0.352 e. The van der Waals surface area contributed by atoms with Gasteiger partial charge in [-0.15, -0.1) is 0 Å². The highest BCUT2D eigenvalue weighted by Crippen LogP contribution is 2.35. The van der Waals surface area contributed by atoms with Crippen LogP contribution in [0.3, 0.4) is 0 Å². The third-order valence-electron chi connectivity index (χ3n) is 4.82. The molecule has 4 rings (SSSR count). The smallest absolute Gasteiger partial charge is 0.332 e. The molecule has 1 amide bonds. The average Bonchev–Trinajstić information content (AvgIpc) is 3.11. The molecule has 1 aliphatic rings. The molecule has 0 radical (unpaired) electrons. The van der Waals surface area contributed by atoms with Crippen molar-refractivity contribution < 1.29 is 18.0 Å². The minimum absolute atomic E-state index is 0.0351. The van der Waals surface area contributed by atoms with Crippen molar-refractivity contribution in [2.75, 3.05) is 6.54 Å². The molecule has 2 heterocycles. The molecule has 0 saturated heterocycles. The van der Waals surface area contributed by atoms with Gasteiger partial charge in [0.25, 0.3) is 5.91 Å². The van der Waals surface area contributed by atoms with Gasteiger partial charge < -0.3 is 4.90 Å². The van der Waals surface area contributed by atoms with E-state index in [0.29, 0.717) is 22.7 Å². The number of hydrogen-bond donors (Lipinski definition) is 1. The van der Waals surface area contributed by atoms with Crippen molar-refractivity contribution in [2.45, 2.75) is 18.9 Å². The van der Waals surface area contributed by atoms with Crippen LogP contribution in [0.2, 0.25) is 5.02 Å². The van der Waals surface area contributed by atoms with E-state index in [1.807, 2.05) is 0 Å². The van der Waals surface area contributed by atoms with Crippen LogP contribution in [-0.2, 0) is 23.7 Å². The average molecular weight is 406 g/mol. The molecule has 0 fully saturated rings. The number of halogens is 4. The van der Waals surface area contributed by atoms with Crippen LogP contribution in [-0.4, -0.2) is 27.5 Å². The Bertz CT molecular complexity index is 1030. The van der Waals surface area contributed by atoms with Crippen LogP contribution in [0.4, 0.5) is 13.2 Å². The summed E-state index contributed by atoms with van der Waals surface area (Å²) in [4.78, 5) is 13.6. The number of nitrogens with zero attached hydrogens (tertiary/aromatic N) is 2. The van der Waals surface area contributed by atoms with E-state index in [2.05, 4.69) is 10.2 Å². The first-order valence-electron chi connectivity index (χ1n) is 8.62. The summed E-state index contributed by atoms with van der Waals surface area (Å²) in [7, 11) is 0. The SMILES string of the molecule is O=C(N1CCc2[nH]nc(-c3ccc(Cl)cc3)c2C1)C(F)(F)c1ccccc1F. The second kappa shape index (κ2) is 6.98. The Kier molecular flexibility index (Phi) is 4.63. The minimum atomic E-state index is -3.95. The van der Waals surface area contributed by atoms with Gasteiger partial charge in [0.1, 0.15) is 5.82 Å². The highest BCUT2D eigenvalue weighted by Gasteiger charge is 2.46. The van der Waals surface area contributed by atoms with Gasteiger partial charge in [-0.2, -0.15) is 13.9 Å². The zero-order chi connectivity index (χ0) is 19.9. The molecule has 1 aliphatic heterocycles. The van der Waals surface area contributed by atoms with Gasteiger partial charge in [-0.05, 0) is 24.3 Å². The van der Waals surface area contributed by atoms with Crippen LogP contribution < -0.4 is 0 Å². The lowest BCUT2D eigenvalue weighted by Gasteiger charge is -2.30. The van der Waals surface area contributed by atoms with Crippen LogP contribution in [0.1, 0.15) is 16.8 Å². The van der Waals surface area contributed by atoms with Gasteiger partial charge in [0.2, 0.25) is 0 Å².